The maximum Gasteiger partial charge on any atom is 0.122 e. The Bertz CT molecular complexity index is 284. The quantitative estimate of drug-likeness (QED) is 0.670. The molecule has 0 heterocycles. The monoisotopic (exact) mass is 222 g/mol. The normalized spacial score (nSPS) is 10.3. The molecule has 0 fully saturated rings. The highest BCUT2D eigenvalue weighted by Gasteiger charge is 1.95. The lowest BCUT2D eigenvalue weighted by molar-refractivity contribution is 0.303. The number of ether oxygens (including phenoxy) is 1. The third kappa shape index (κ3) is 5.64. The molecule has 0 saturated carbocycles. The molecular formula is C14H22O2. The summed E-state index contributed by atoms with van der Waals surface area (Å²) in [6, 6.07) is 6.97. The molecule has 0 radical (unpaired) electrons. The highest BCUT2D eigenvalue weighted by atomic mass is 16.5. The van der Waals surface area contributed by atoms with Crippen LogP contribution in [0.1, 0.15) is 45.4 Å². The third-order valence-corrected chi connectivity index (χ3v) is 2.58. The van der Waals surface area contributed by atoms with Crippen molar-refractivity contribution in [1.82, 2.24) is 0 Å². The topological polar surface area (TPSA) is 29.5 Å². The van der Waals surface area contributed by atoms with Gasteiger partial charge < -0.3 is 9.84 Å². The van der Waals surface area contributed by atoms with E-state index in [9.17, 15) is 5.11 Å². The first-order valence-corrected chi connectivity index (χ1v) is 6.24. The average Bonchev–Trinajstić information content (AvgIpc) is 2.28. The van der Waals surface area contributed by atoms with E-state index in [0.29, 0.717) is 0 Å². The molecule has 0 bridgehead atoms. The third-order valence-electron chi connectivity index (χ3n) is 2.58. The van der Waals surface area contributed by atoms with Gasteiger partial charge in [0.2, 0.25) is 0 Å². The van der Waals surface area contributed by atoms with E-state index in [-0.39, 0.29) is 5.75 Å². The highest BCUT2D eigenvalue weighted by Crippen LogP contribution is 2.18. The van der Waals surface area contributed by atoms with Gasteiger partial charge in [-0.15, -0.1) is 0 Å². The zero-order valence-corrected chi connectivity index (χ0v) is 10.1. The van der Waals surface area contributed by atoms with E-state index >= 15 is 0 Å². The summed E-state index contributed by atoms with van der Waals surface area (Å²) in [5, 5.41) is 9.23. The van der Waals surface area contributed by atoms with Crippen molar-refractivity contribution in [2.45, 2.75) is 45.4 Å². The van der Waals surface area contributed by atoms with Gasteiger partial charge in [0.25, 0.3) is 0 Å². The summed E-state index contributed by atoms with van der Waals surface area (Å²) in [5.74, 6) is 1.02. The molecule has 0 aliphatic carbocycles. The zero-order valence-electron chi connectivity index (χ0n) is 10.1. The lowest BCUT2D eigenvalue weighted by Gasteiger charge is -2.06. The summed E-state index contributed by atoms with van der Waals surface area (Å²) in [4.78, 5) is 0. The van der Waals surface area contributed by atoms with Gasteiger partial charge in [0.1, 0.15) is 11.5 Å². The second kappa shape index (κ2) is 8.03. The first-order chi connectivity index (χ1) is 7.83. The van der Waals surface area contributed by atoms with Crippen LogP contribution in [0.4, 0.5) is 0 Å². The van der Waals surface area contributed by atoms with E-state index in [4.69, 9.17) is 4.74 Å². The number of benzene rings is 1. The molecule has 1 N–H and O–H groups in total. The van der Waals surface area contributed by atoms with Crippen molar-refractivity contribution in [2.24, 2.45) is 0 Å². The first-order valence-electron chi connectivity index (χ1n) is 6.24. The summed E-state index contributed by atoms with van der Waals surface area (Å²) < 4.78 is 5.53. The Morgan fingerprint density at radius 3 is 2.56 bits per heavy atom. The Balaban J connectivity index is 2.03. The van der Waals surface area contributed by atoms with Crippen LogP contribution in [0.3, 0.4) is 0 Å². The van der Waals surface area contributed by atoms with Crippen LogP contribution in [0.2, 0.25) is 0 Å². The fourth-order valence-electron chi connectivity index (χ4n) is 1.65. The maximum absolute atomic E-state index is 9.23. The van der Waals surface area contributed by atoms with Crippen LogP contribution in [-0.4, -0.2) is 11.7 Å². The maximum atomic E-state index is 9.23. The molecule has 16 heavy (non-hydrogen) atoms. The Morgan fingerprint density at radius 1 is 1.06 bits per heavy atom. The predicted molar refractivity (Wildman–Crippen MR) is 67.0 cm³/mol. The van der Waals surface area contributed by atoms with Crippen molar-refractivity contribution in [2.75, 3.05) is 6.61 Å². The molecule has 0 amide bonds. The molecule has 2 heteroatoms. The van der Waals surface area contributed by atoms with Crippen LogP contribution in [0, 0.1) is 0 Å². The molecule has 1 aromatic carbocycles. The lowest BCUT2D eigenvalue weighted by atomic mass is 10.1. The molecule has 0 aliphatic heterocycles. The number of unbranched alkanes of at least 4 members (excludes halogenated alkanes) is 5. The number of hydrogen-bond acceptors (Lipinski definition) is 2. The van der Waals surface area contributed by atoms with Gasteiger partial charge in [-0.2, -0.15) is 0 Å². The van der Waals surface area contributed by atoms with Gasteiger partial charge in [0.05, 0.1) is 6.61 Å². The van der Waals surface area contributed by atoms with Crippen LogP contribution in [-0.2, 0) is 0 Å². The van der Waals surface area contributed by atoms with Crippen LogP contribution >= 0.6 is 0 Å². The van der Waals surface area contributed by atoms with Crippen molar-refractivity contribution in [1.29, 1.82) is 0 Å². The molecule has 0 aromatic heterocycles. The van der Waals surface area contributed by atoms with Gasteiger partial charge in [-0.05, 0) is 18.6 Å². The SMILES string of the molecule is CCCCCCCCOc1cccc(O)c1. The van der Waals surface area contributed by atoms with E-state index < -0.39 is 0 Å². The Morgan fingerprint density at radius 2 is 1.81 bits per heavy atom. The minimum atomic E-state index is 0.264. The summed E-state index contributed by atoms with van der Waals surface area (Å²) in [6.45, 7) is 2.97. The number of phenolic OH excluding ortho intramolecular Hbond substituents is 1. The summed E-state index contributed by atoms with van der Waals surface area (Å²) >= 11 is 0. The van der Waals surface area contributed by atoms with Gasteiger partial charge in [-0.1, -0.05) is 45.1 Å². The van der Waals surface area contributed by atoms with Crippen LogP contribution in [0.5, 0.6) is 11.5 Å². The van der Waals surface area contributed by atoms with E-state index in [1.165, 1.54) is 32.1 Å². The molecule has 0 spiro atoms. The molecule has 0 saturated heterocycles. The lowest BCUT2D eigenvalue weighted by Crippen LogP contribution is -1.96. The minimum absolute atomic E-state index is 0.264. The van der Waals surface area contributed by atoms with Crippen molar-refractivity contribution in [3.8, 4) is 11.5 Å². The predicted octanol–water partition coefficient (Wildman–Crippen LogP) is 4.13. The van der Waals surface area contributed by atoms with Gasteiger partial charge in [0.15, 0.2) is 0 Å². The van der Waals surface area contributed by atoms with Crippen LogP contribution in [0.25, 0.3) is 0 Å². The van der Waals surface area contributed by atoms with E-state index in [1.807, 2.05) is 6.07 Å². The molecule has 1 aromatic rings. The largest absolute Gasteiger partial charge is 0.508 e. The van der Waals surface area contributed by atoms with Crippen LogP contribution in [0.15, 0.2) is 24.3 Å². The number of hydrogen-bond donors (Lipinski definition) is 1. The first kappa shape index (κ1) is 12.9. The van der Waals surface area contributed by atoms with E-state index in [1.54, 1.807) is 18.2 Å². The van der Waals surface area contributed by atoms with Gasteiger partial charge in [-0.25, -0.2) is 0 Å². The number of rotatable bonds is 8. The Kier molecular flexibility index (Phi) is 6.47. The van der Waals surface area contributed by atoms with Crippen LogP contribution < -0.4 is 4.74 Å². The molecule has 0 unspecified atom stereocenters. The Labute approximate surface area is 98.3 Å². The summed E-state index contributed by atoms with van der Waals surface area (Å²) in [7, 11) is 0. The van der Waals surface area contributed by atoms with Crippen molar-refractivity contribution >= 4 is 0 Å². The van der Waals surface area contributed by atoms with Crippen molar-refractivity contribution < 1.29 is 9.84 Å². The second-order valence-electron chi connectivity index (χ2n) is 4.11. The smallest absolute Gasteiger partial charge is 0.122 e. The fourth-order valence-corrected chi connectivity index (χ4v) is 1.65. The standard InChI is InChI=1S/C14H22O2/c1-2-3-4-5-6-7-11-16-14-10-8-9-13(15)12-14/h8-10,12,15H,2-7,11H2,1H3. The number of phenols is 1. The highest BCUT2D eigenvalue weighted by molar-refractivity contribution is 5.31. The zero-order chi connectivity index (χ0) is 11.6. The molecule has 1 rings (SSSR count). The van der Waals surface area contributed by atoms with Gasteiger partial charge >= 0.3 is 0 Å². The summed E-state index contributed by atoms with van der Waals surface area (Å²) in [6.07, 6.45) is 7.60. The molecule has 2 nitrogen and oxygen atoms in total. The number of aromatic hydroxyl groups is 1. The second-order valence-corrected chi connectivity index (χ2v) is 4.11. The average molecular weight is 222 g/mol. The van der Waals surface area contributed by atoms with Crippen molar-refractivity contribution in [3.05, 3.63) is 24.3 Å². The molecule has 90 valence electrons. The molecule has 0 aliphatic rings. The fraction of sp³-hybridized carbons (Fsp3) is 0.571. The van der Waals surface area contributed by atoms with Crippen molar-refractivity contribution in [3.63, 3.8) is 0 Å². The Hall–Kier alpha value is -1.18. The van der Waals surface area contributed by atoms with Gasteiger partial charge in [-0.3, -0.25) is 0 Å². The molecular weight excluding hydrogens is 200 g/mol. The van der Waals surface area contributed by atoms with Gasteiger partial charge in [0, 0.05) is 6.07 Å². The minimum Gasteiger partial charge on any atom is -0.508 e. The van der Waals surface area contributed by atoms with E-state index in [0.717, 1.165) is 18.8 Å². The molecule has 0 atom stereocenters. The summed E-state index contributed by atoms with van der Waals surface area (Å²) in [5.41, 5.74) is 0. The van der Waals surface area contributed by atoms with E-state index in [2.05, 4.69) is 6.92 Å².